The van der Waals surface area contributed by atoms with Crippen LogP contribution in [0.3, 0.4) is 0 Å². The largest absolute Gasteiger partial charge is 0.501 e. The minimum Gasteiger partial charge on any atom is -0.389 e. The number of alkyl halides is 3. The average molecular weight is 281 g/mol. The lowest BCUT2D eigenvalue weighted by molar-refractivity contribution is -0.0435. The van der Waals surface area contributed by atoms with Crippen LogP contribution in [-0.4, -0.2) is 38.2 Å². The van der Waals surface area contributed by atoms with Crippen LogP contribution in [0.5, 0.6) is 0 Å². The van der Waals surface area contributed by atoms with E-state index in [0.29, 0.717) is 0 Å². The predicted octanol–water partition coefficient (Wildman–Crippen LogP) is 1.16. The molecule has 0 aromatic heterocycles. The molecule has 0 spiro atoms. The molecule has 0 atom stereocenters. The van der Waals surface area contributed by atoms with Crippen molar-refractivity contribution in [2.45, 2.75) is 16.5 Å². The van der Waals surface area contributed by atoms with Crippen molar-refractivity contribution in [3.05, 3.63) is 24.3 Å². The van der Waals surface area contributed by atoms with Gasteiger partial charge in [0.25, 0.3) is 9.84 Å². The fourth-order valence-corrected chi connectivity index (χ4v) is 2.70. The number of aliphatic hydroxyl groups excluding tert-OH is 1. The maximum atomic E-state index is 12.5. The van der Waals surface area contributed by atoms with E-state index >= 15 is 0 Å². The number of para-hydroxylation sites is 1. The smallest absolute Gasteiger partial charge is 0.389 e. The van der Waals surface area contributed by atoms with Crippen molar-refractivity contribution in [3.63, 3.8) is 0 Å². The van der Waals surface area contributed by atoms with Gasteiger partial charge in [-0.15, -0.1) is 0 Å². The van der Waals surface area contributed by atoms with E-state index in [1.807, 2.05) is 0 Å². The molecule has 0 aliphatic carbocycles. The number of hydrogen-bond donors (Lipinski definition) is 1. The Morgan fingerprint density at radius 3 is 2.28 bits per heavy atom. The molecular formula is C10H10F3NO3S. The summed E-state index contributed by atoms with van der Waals surface area (Å²) < 4.78 is 60.3. The summed E-state index contributed by atoms with van der Waals surface area (Å²) in [5.41, 5.74) is -5.35. The van der Waals surface area contributed by atoms with Gasteiger partial charge in [0.2, 0.25) is 0 Å². The van der Waals surface area contributed by atoms with Crippen molar-refractivity contribution in [2.75, 3.05) is 18.0 Å². The second-order valence-electron chi connectivity index (χ2n) is 3.98. The number of aliphatic hydroxyl groups is 1. The summed E-state index contributed by atoms with van der Waals surface area (Å²) in [6.07, 6.45) is -0.633. The highest BCUT2D eigenvalue weighted by Gasteiger charge is 2.48. The number of benzene rings is 1. The summed E-state index contributed by atoms with van der Waals surface area (Å²) >= 11 is 0. The fourth-order valence-electron chi connectivity index (χ4n) is 1.72. The van der Waals surface area contributed by atoms with E-state index < -0.39 is 26.3 Å². The summed E-state index contributed by atoms with van der Waals surface area (Å²) in [6, 6.07) is 4.90. The van der Waals surface area contributed by atoms with Crippen LogP contribution in [0.4, 0.5) is 18.9 Å². The Morgan fingerprint density at radius 1 is 1.22 bits per heavy atom. The zero-order chi connectivity index (χ0) is 13.6. The third-order valence-corrected chi connectivity index (χ3v) is 4.20. The molecule has 0 radical (unpaired) electrons. The Kier molecular flexibility index (Phi) is 3.02. The highest BCUT2D eigenvalue weighted by Crippen LogP contribution is 2.36. The van der Waals surface area contributed by atoms with Crippen molar-refractivity contribution in [1.29, 1.82) is 0 Å². The molecule has 8 heteroatoms. The van der Waals surface area contributed by atoms with Gasteiger partial charge in [-0.2, -0.15) is 13.2 Å². The molecule has 1 N–H and O–H groups in total. The normalized spacial score (nSPS) is 17.7. The van der Waals surface area contributed by atoms with E-state index in [-0.39, 0.29) is 18.8 Å². The molecule has 0 unspecified atom stereocenters. The maximum Gasteiger partial charge on any atom is 0.501 e. The lowest BCUT2D eigenvalue weighted by atomic mass is 10.1. The van der Waals surface area contributed by atoms with Crippen LogP contribution >= 0.6 is 0 Å². The minimum atomic E-state index is -5.37. The van der Waals surface area contributed by atoms with Crippen molar-refractivity contribution in [1.82, 2.24) is 0 Å². The molecule has 18 heavy (non-hydrogen) atoms. The highest BCUT2D eigenvalue weighted by atomic mass is 32.2. The van der Waals surface area contributed by atoms with E-state index in [9.17, 15) is 21.6 Å². The van der Waals surface area contributed by atoms with E-state index in [4.69, 9.17) is 5.11 Å². The van der Waals surface area contributed by atoms with Gasteiger partial charge < -0.3 is 10.0 Å². The third kappa shape index (κ3) is 2.05. The van der Waals surface area contributed by atoms with Gasteiger partial charge in [0.15, 0.2) is 0 Å². The quantitative estimate of drug-likeness (QED) is 0.884. The zero-order valence-electron chi connectivity index (χ0n) is 9.05. The Balaban J connectivity index is 2.46. The summed E-state index contributed by atoms with van der Waals surface area (Å²) in [6.45, 7) is 0.259. The molecule has 1 aliphatic heterocycles. The molecule has 1 fully saturated rings. The zero-order valence-corrected chi connectivity index (χ0v) is 9.87. The van der Waals surface area contributed by atoms with Crippen LogP contribution in [0.15, 0.2) is 29.2 Å². The van der Waals surface area contributed by atoms with Gasteiger partial charge >= 0.3 is 5.51 Å². The van der Waals surface area contributed by atoms with Gasteiger partial charge in [0, 0.05) is 13.1 Å². The fraction of sp³-hybridized carbons (Fsp3) is 0.400. The number of hydrogen-bond acceptors (Lipinski definition) is 4. The summed E-state index contributed by atoms with van der Waals surface area (Å²) in [5.74, 6) is 0. The lowest BCUT2D eigenvalue weighted by Crippen LogP contribution is -2.51. The van der Waals surface area contributed by atoms with E-state index in [1.54, 1.807) is 0 Å². The summed E-state index contributed by atoms with van der Waals surface area (Å²) in [5, 5.41) is 9.12. The Morgan fingerprint density at radius 2 is 1.78 bits per heavy atom. The first-order chi connectivity index (χ1) is 8.23. The standard InChI is InChI=1S/C10H10F3NO3S/c11-10(12,13)18(16,17)9-4-2-1-3-8(9)14-5-7(15)6-14/h1-4,7,15H,5-6H2. The molecule has 0 saturated carbocycles. The molecule has 1 aromatic carbocycles. The van der Waals surface area contributed by atoms with Gasteiger partial charge in [-0.25, -0.2) is 8.42 Å². The lowest BCUT2D eigenvalue weighted by Gasteiger charge is -2.38. The molecular weight excluding hydrogens is 271 g/mol. The third-order valence-electron chi connectivity index (χ3n) is 2.66. The predicted molar refractivity (Wildman–Crippen MR) is 57.9 cm³/mol. The molecule has 0 amide bonds. The second kappa shape index (κ2) is 4.13. The topological polar surface area (TPSA) is 57.6 Å². The molecule has 1 aromatic rings. The molecule has 0 bridgehead atoms. The number of β-amino-alcohol motifs (C(OH)–C–C–N with tert-alkyl or cyclic N) is 1. The molecule has 1 saturated heterocycles. The Labute approximate surface area is 102 Å². The number of sulfone groups is 1. The number of rotatable bonds is 2. The number of anilines is 1. The minimum absolute atomic E-state index is 0.0277. The Hall–Kier alpha value is -1.28. The summed E-state index contributed by atoms with van der Waals surface area (Å²) in [4.78, 5) is 0.618. The molecule has 2 rings (SSSR count). The maximum absolute atomic E-state index is 12.5. The van der Waals surface area contributed by atoms with Crippen molar-refractivity contribution in [2.24, 2.45) is 0 Å². The number of nitrogens with zero attached hydrogens (tertiary/aromatic N) is 1. The van der Waals surface area contributed by atoms with Crippen LogP contribution in [0.1, 0.15) is 0 Å². The first-order valence-corrected chi connectivity index (χ1v) is 6.55. The molecule has 1 aliphatic rings. The van der Waals surface area contributed by atoms with Crippen LogP contribution in [0.25, 0.3) is 0 Å². The Bertz CT molecular complexity index is 550. The van der Waals surface area contributed by atoms with Crippen LogP contribution in [-0.2, 0) is 9.84 Å². The molecule has 1 heterocycles. The second-order valence-corrected chi connectivity index (χ2v) is 5.89. The van der Waals surface area contributed by atoms with Crippen molar-refractivity contribution < 1.29 is 26.7 Å². The van der Waals surface area contributed by atoms with Crippen molar-refractivity contribution >= 4 is 15.5 Å². The van der Waals surface area contributed by atoms with Gasteiger partial charge in [-0.3, -0.25) is 0 Å². The molecule has 4 nitrogen and oxygen atoms in total. The monoisotopic (exact) mass is 281 g/mol. The highest BCUT2D eigenvalue weighted by molar-refractivity contribution is 7.92. The van der Waals surface area contributed by atoms with E-state index in [1.165, 1.54) is 23.1 Å². The number of halogens is 3. The van der Waals surface area contributed by atoms with E-state index in [0.717, 1.165) is 6.07 Å². The SMILES string of the molecule is O=S(=O)(c1ccccc1N1CC(O)C1)C(F)(F)F. The van der Waals surface area contributed by atoms with Gasteiger partial charge in [0.05, 0.1) is 16.7 Å². The first kappa shape index (κ1) is 13.2. The average Bonchev–Trinajstić information content (AvgIpc) is 2.23. The summed E-state index contributed by atoms with van der Waals surface area (Å²) in [7, 11) is -5.37. The van der Waals surface area contributed by atoms with Gasteiger partial charge in [-0.05, 0) is 12.1 Å². The van der Waals surface area contributed by atoms with Crippen LogP contribution < -0.4 is 4.90 Å². The first-order valence-electron chi connectivity index (χ1n) is 5.07. The van der Waals surface area contributed by atoms with Crippen molar-refractivity contribution in [3.8, 4) is 0 Å². The molecule has 100 valence electrons. The van der Waals surface area contributed by atoms with Crippen LogP contribution in [0.2, 0.25) is 0 Å². The van der Waals surface area contributed by atoms with Gasteiger partial charge in [0.1, 0.15) is 0 Å². The van der Waals surface area contributed by atoms with Crippen LogP contribution in [0, 0.1) is 0 Å². The van der Waals surface area contributed by atoms with E-state index in [2.05, 4.69) is 0 Å². The van der Waals surface area contributed by atoms with Gasteiger partial charge in [-0.1, -0.05) is 12.1 Å².